The van der Waals surface area contributed by atoms with Crippen molar-refractivity contribution in [3.8, 4) is 0 Å². The van der Waals surface area contributed by atoms with E-state index in [-0.39, 0.29) is 5.82 Å². The second kappa shape index (κ2) is 4.88. The van der Waals surface area contributed by atoms with Crippen molar-refractivity contribution in [2.45, 2.75) is 25.7 Å². The van der Waals surface area contributed by atoms with Gasteiger partial charge in [-0.25, -0.2) is 4.39 Å². The average molecular weight is 248 g/mol. The van der Waals surface area contributed by atoms with Gasteiger partial charge in [-0.05, 0) is 68.5 Å². The summed E-state index contributed by atoms with van der Waals surface area (Å²) in [6, 6.07) is 6.92. The number of hydrogen-bond donors (Lipinski definition) is 1. The molecular formula is C15H21FN2. The Hall–Kier alpha value is -1.09. The van der Waals surface area contributed by atoms with Gasteiger partial charge in [0.25, 0.3) is 0 Å². The highest BCUT2D eigenvalue weighted by Gasteiger charge is 2.35. The Morgan fingerprint density at radius 2 is 1.56 bits per heavy atom. The number of benzene rings is 1. The van der Waals surface area contributed by atoms with Crippen LogP contribution in [0.3, 0.4) is 0 Å². The monoisotopic (exact) mass is 248 g/mol. The first-order valence-corrected chi connectivity index (χ1v) is 6.99. The number of nitrogens with one attached hydrogen (secondary N) is 1. The fourth-order valence-corrected chi connectivity index (χ4v) is 3.35. The highest BCUT2D eigenvalue weighted by atomic mass is 19.1. The minimum atomic E-state index is -0.148. The smallest absolute Gasteiger partial charge is 0.123 e. The second-order valence-electron chi connectivity index (χ2n) is 5.71. The number of nitrogens with zero attached hydrogens (tertiary/aromatic N) is 1. The number of hydrogen-bond acceptors (Lipinski definition) is 2. The zero-order chi connectivity index (χ0) is 12.4. The van der Waals surface area contributed by atoms with Crippen LogP contribution >= 0.6 is 0 Å². The molecule has 0 aliphatic carbocycles. The topological polar surface area (TPSA) is 15.3 Å². The molecule has 1 N–H and O–H groups in total. The molecule has 3 heteroatoms. The van der Waals surface area contributed by atoms with Crippen molar-refractivity contribution in [3.05, 3.63) is 30.1 Å². The molecule has 0 bridgehead atoms. The summed E-state index contributed by atoms with van der Waals surface area (Å²) in [7, 11) is 0. The molecule has 0 unspecified atom stereocenters. The summed E-state index contributed by atoms with van der Waals surface area (Å²) >= 11 is 0. The van der Waals surface area contributed by atoms with Crippen LogP contribution in [0.5, 0.6) is 0 Å². The maximum atomic E-state index is 12.9. The lowest BCUT2D eigenvalue weighted by molar-refractivity contribution is 0.155. The third kappa shape index (κ3) is 2.37. The molecule has 2 fully saturated rings. The minimum absolute atomic E-state index is 0.148. The van der Waals surface area contributed by atoms with Crippen molar-refractivity contribution in [3.63, 3.8) is 0 Å². The van der Waals surface area contributed by atoms with E-state index in [4.69, 9.17) is 0 Å². The van der Waals surface area contributed by atoms with Crippen LogP contribution in [0.4, 0.5) is 10.1 Å². The van der Waals surface area contributed by atoms with E-state index in [2.05, 4.69) is 10.2 Å². The fraction of sp³-hybridized carbons (Fsp3) is 0.600. The molecule has 1 aromatic rings. The van der Waals surface area contributed by atoms with Gasteiger partial charge in [-0.1, -0.05) is 0 Å². The summed E-state index contributed by atoms with van der Waals surface area (Å²) in [4.78, 5) is 2.40. The van der Waals surface area contributed by atoms with E-state index in [0.717, 1.165) is 13.1 Å². The molecule has 0 amide bonds. The van der Waals surface area contributed by atoms with Crippen LogP contribution in [0.15, 0.2) is 24.3 Å². The Balaban J connectivity index is 1.64. The molecule has 0 atom stereocenters. The molecule has 0 aromatic heterocycles. The molecule has 2 saturated heterocycles. The van der Waals surface area contributed by atoms with Gasteiger partial charge < -0.3 is 10.2 Å². The predicted molar refractivity (Wildman–Crippen MR) is 72.4 cm³/mol. The quantitative estimate of drug-likeness (QED) is 0.822. The van der Waals surface area contributed by atoms with E-state index in [1.807, 2.05) is 12.1 Å². The van der Waals surface area contributed by atoms with Crippen LogP contribution in [0.1, 0.15) is 25.7 Å². The molecule has 18 heavy (non-hydrogen) atoms. The van der Waals surface area contributed by atoms with Crippen molar-refractivity contribution in [2.24, 2.45) is 5.41 Å². The number of halogens is 1. The van der Waals surface area contributed by atoms with Crippen molar-refractivity contribution >= 4 is 5.69 Å². The molecule has 3 rings (SSSR count). The summed E-state index contributed by atoms with van der Waals surface area (Å²) in [5, 5.41) is 3.45. The first kappa shape index (κ1) is 12.0. The van der Waals surface area contributed by atoms with Gasteiger partial charge in [0.1, 0.15) is 5.82 Å². The maximum absolute atomic E-state index is 12.9. The van der Waals surface area contributed by atoms with Gasteiger partial charge in [0, 0.05) is 18.8 Å². The van der Waals surface area contributed by atoms with Crippen LogP contribution in [0.25, 0.3) is 0 Å². The van der Waals surface area contributed by atoms with Crippen LogP contribution < -0.4 is 10.2 Å². The largest absolute Gasteiger partial charge is 0.371 e. The van der Waals surface area contributed by atoms with Gasteiger partial charge in [-0.2, -0.15) is 0 Å². The van der Waals surface area contributed by atoms with E-state index in [1.165, 1.54) is 44.5 Å². The zero-order valence-electron chi connectivity index (χ0n) is 10.8. The number of rotatable bonds is 1. The molecule has 2 nitrogen and oxygen atoms in total. The first-order valence-electron chi connectivity index (χ1n) is 6.99. The van der Waals surface area contributed by atoms with Crippen molar-refractivity contribution in [2.75, 3.05) is 31.1 Å². The Morgan fingerprint density at radius 1 is 0.944 bits per heavy atom. The summed E-state index contributed by atoms with van der Waals surface area (Å²) in [6.07, 6.45) is 5.21. The van der Waals surface area contributed by atoms with Crippen LogP contribution in [-0.2, 0) is 0 Å². The number of anilines is 1. The molecular weight excluding hydrogens is 227 g/mol. The average Bonchev–Trinajstić information content (AvgIpc) is 2.42. The summed E-state index contributed by atoms with van der Waals surface area (Å²) in [6.45, 7) is 4.59. The Bertz CT molecular complexity index is 385. The van der Waals surface area contributed by atoms with E-state index in [9.17, 15) is 4.39 Å². The molecule has 2 heterocycles. The lowest BCUT2D eigenvalue weighted by Gasteiger charge is -2.45. The zero-order valence-corrected chi connectivity index (χ0v) is 10.8. The minimum Gasteiger partial charge on any atom is -0.371 e. The first-order chi connectivity index (χ1) is 8.77. The van der Waals surface area contributed by atoms with Gasteiger partial charge in [-0.3, -0.25) is 0 Å². The highest BCUT2D eigenvalue weighted by Crippen LogP contribution is 2.40. The van der Waals surface area contributed by atoms with Crippen LogP contribution in [0, 0.1) is 11.2 Å². The second-order valence-corrected chi connectivity index (χ2v) is 5.71. The summed E-state index contributed by atoms with van der Waals surface area (Å²) in [5.41, 5.74) is 1.75. The van der Waals surface area contributed by atoms with E-state index >= 15 is 0 Å². The predicted octanol–water partition coefficient (Wildman–Crippen LogP) is 2.80. The van der Waals surface area contributed by atoms with Crippen LogP contribution in [0.2, 0.25) is 0 Å². The normalized spacial score (nSPS) is 23.3. The van der Waals surface area contributed by atoms with E-state index in [0.29, 0.717) is 5.41 Å². The third-order valence-corrected chi connectivity index (χ3v) is 4.68. The standard InChI is InChI=1S/C15H21FN2/c16-13-1-3-14(4-2-13)18-11-7-15(8-12-18)5-9-17-10-6-15/h1-4,17H,5-12H2. The Morgan fingerprint density at radius 3 is 2.17 bits per heavy atom. The van der Waals surface area contributed by atoms with Gasteiger partial charge >= 0.3 is 0 Å². The summed E-state index contributed by atoms with van der Waals surface area (Å²) < 4.78 is 12.9. The third-order valence-electron chi connectivity index (χ3n) is 4.68. The lowest BCUT2D eigenvalue weighted by atomic mass is 9.71. The summed E-state index contributed by atoms with van der Waals surface area (Å²) in [5.74, 6) is -0.148. The van der Waals surface area contributed by atoms with Gasteiger partial charge in [0.15, 0.2) is 0 Å². The van der Waals surface area contributed by atoms with Crippen LogP contribution in [-0.4, -0.2) is 26.2 Å². The van der Waals surface area contributed by atoms with Gasteiger partial charge in [0.2, 0.25) is 0 Å². The molecule has 0 radical (unpaired) electrons. The molecule has 98 valence electrons. The molecule has 2 aliphatic rings. The number of piperidine rings is 2. The maximum Gasteiger partial charge on any atom is 0.123 e. The Kier molecular flexibility index (Phi) is 3.25. The molecule has 1 aromatic carbocycles. The lowest BCUT2D eigenvalue weighted by Crippen LogP contribution is -2.45. The van der Waals surface area contributed by atoms with Crippen molar-refractivity contribution < 1.29 is 4.39 Å². The Labute approximate surface area is 108 Å². The van der Waals surface area contributed by atoms with Crippen molar-refractivity contribution in [1.82, 2.24) is 5.32 Å². The molecule has 2 aliphatic heterocycles. The van der Waals surface area contributed by atoms with Gasteiger partial charge in [-0.15, -0.1) is 0 Å². The highest BCUT2D eigenvalue weighted by molar-refractivity contribution is 5.46. The molecule has 0 saturated carbocycles. The SMILES string of the molecule is Fc1ccc(N2CCC3(CCNCC3)CC2)cc1. The van der Waals surface area contributed by atoms with Gasteiger partial charge in [0.05, 0.1) is 0 Å². The molecule has 1 spiro atoms. The van der Waals surface area contributed by atoms with Crippen molar-refractivity contribution in [1.29, 1.82) is 0 Å². The van der Waals surface area contributed by atoms with E-state index < -0.39 is 0 Å². The fourth-order valence-electron chi connectivity index (χ4n) is 3.35. The van der Waals surface area contributed by atoms with E-state index in [1.54, 1.807) is 12.1 Å².